The van der Waals surface area contributed by atoms with Gasteiger partial charge in [-0.05, 0) is 12.1 Å². The van der Waals surface area contributed by atoms with Gasteiger partial charge in [0, 0.05) is 37.5 Å². The summed E-state index contributed by atoms with van der Waals surface area (Å²) < 4.78 is 26.3. The van der Waals surface area contributed by atoms with Gasteiger partial charge in [0.05, 0.1) is 9.82 Å². The summed E-state index contributed by atoms with van der Waals surface area (Å²) in [6, 6.07) is 4.71. The lowest BCUT2D eigenvalue weighted by Crippen LogP contribution is -2.26. The molecule has 1 aromatic heterocycles. The van der Waals surface area contributed by atoms with Crippen LogP contribution in [0.2, 0.25) is 0 Å². The second kappa shape index (κ2) is 5.80. The third kappa shape index (κ3) is 3.39. The highest BCUT2D eigenvalue weighted by Gasteiger charge is 2.15. The van der Waals surface area contributed by atoms with Crippen LogP contribution >= 0.6 is 0 Å². The molecule has 0 bridgehead atoms. The van der Waals surface area contributed by atoms with Crippen LogP contribution in [0, 0.1) is 10.1 Å². The molecule has 0 aliphatic heterocycles. The maximum atomic E-state index is 11.9. The lowest BCUT2D eigenvalue weighted by molar-refractivity contribution is -0.384. The van der Waals surface area contributed by atoms with E-state index < -0.39 is 14.9 Å². The predicted molar refractivity (Wildman–Crippen MR) is 70.6 cm³/mol. The number of nitrogens with one attached hydrogen (secondary N) is 2. The highest BCUT2D eigenvalue weighted by molar-refractivity contribution is 7.89. The molecule has 8 nitrogen and oxygen atoms in total. The van der Waals surface area contributed by atoms with E-state index in [4.69, 9.17) is 0 Å². The number of hydrogen-bond acceptors (Lipinski definition) is 5. The highest BCUT2D eigenvalue weighted by atomic mass is 32.2. The minimum atomic E-state index is -3.67. The number of rotatable bonds is 6. The van der Waals surface area contributed by atoms with Crippen LogP contribution < -0.4 is 4.72 Å². The summed E-state index contributed by atoms with van der Waals surface area (Å²) >= 11 is 0. The number of nitrogens with zero attached hydrogens (tertiary/aromatic N) is 2. The topological polar surface area (TPSA) is 118 Å². The van der Waals surface area contributed by atoms with E-state index in [1.54, 1.807) is 12.4 Å². The molecule has 0 amide bonds. The fourth-order valence-electron chi connectivity index (χ4n) is 1.57. The second-order valence-electron chi connectivity index (χ2n) is 3.93. The average Bonchev–Trinajstić information content (AvgIpc) is 2.92. The summed E-state index contributed by atoms with van der Waals surface area (Å²) in [5.74, 6) is 0.677. The average molecular weight is 296 g/mol. The number of hydrogen-bond donors (Lipinski definition) is 2. The maximum absolute atomic E-state index is 11.9. The van der Waals surface area contributed by atoms with Crippen molar-refractivity contribution < 1.29 is 13.3 Å². The van der Waals surface area contributed by atoms with Crippen LogP contribution in [-0.4, -0.2) is 29.9 Å². The molecule has 0 aliphatic rings. The first kappa shape index (κ1) is 14.2. The van der Waals surface area contributed by atoms with Gasteiger partial charge in [0.1, 0.15) is 5.82 Å². The lowest BCUT2D eigenvalue weighted by atomic mass is 10.3. The Morgan fingerprint density at radius 3 is 2.55 bits per heavy atom. The van der Waals surface area contributed by atoms with Crippen molar-refractivity contribution in [2.24, 2.45) is 0 Å². The Morgan fingerprint density at radius 2 is 2.00 bits per heavy atom. The molecule has 0 unspecified atom stereocenters. The molecule has 0 radical (unpaired) electrons. The molecule has 2 aromatic rings. The Kier molecular flexibility index (Phi) is 4.11. The first-order chi connectivity index (χ1) is 9.49. The van der Waals surface area contributed by atoms with Gasteiger partial charge in [-0.15, -0.1) is 0 Å². The summed E-state index contributed by atoms with van der Waals surface area (Å²) in [5, 5.41) is 10.5. The quantitative estimate of drug-likeness (QED) is 0.605. The molecule has 0 fully saturated rings. The molecule has 2 rings (SSSR count). The van der Waals surface area contributed by atoms with Crippen molar-refractivity contribution in [3.8, 4) is 0 Å². The summed E-state index contributed by atoms with van der Waals surface area (Å²) in [5.41, 5.74) is -0.153. The standard InChI is InChI=1S/C11H12N4O4S/c16-15(17)9-1-3-10(4-2-9)20(18,19)14-6-5-11-12-7-8-13-11/h1-4,7-8,14H,5-6H2,(H,12,13). The van der Waals surface area contributed by atoms with Crippen LogP contribution in [0.1, 0.15) is 5.82 Å². The molecule has 0 spiro atoms. The Labute approximate surface area is 115 Å². The van der Waals surface area contributed by atoms with Crippen LogP contribution in [0.25, 0.3) is 0 Å². The first-order valence-corrected chi connectivity index (χ1v) is 7.20. The van der Waals surface area contributed by atoms with Crippen molar-refractivity contribution in [1.82, 2.24) is 14.7 Å². The maximum Gasteiger partial charge on any atom is 0.269 e. The number of nitro groups is 1. The van der Waals surface area contributed by atoms with Gasteiger partial charge in [0.25, 0.3) is 5.69 Å². The van der Waals surface area contributed by atoms with E-state index >= 15 is 0 Å². The zero-order chi connectivity index (χ0) is 14.6. The van der Waals surface area contributed by atoms with Crippen molar-refractivity contribution in [3.63, 3.8) is 0 Å². The van der Waals surface area contributed by atoms with Gasteiger partial charge in [-0.2, -0.15) is 0 Å². The number of benzene rings is 1. The highest BCUT2D eigenvalue weighted by Crippen LogP contribution is 2.15. The molecule has 1 aromatic carbocycles. The van der Waals surface area contributed by atoms with Gasteiger partial charge < -0.3 is 4.98 Å². The minimum absolute atomic E-state index is 0.0115. The van der Waals surface area contributed by atoms with Gasteiger partial charge in [-0.1, -0.05) is 0 Å². The van der Waals surface area contributed by atoms with Gasteiger partial charge >= 0.3 is 0 Å². The smallest absolute Gasteiger partial charge is 0.269 e. The van der Waals surface area contributed by atoms with E-state index in [9.17, 15) is 18.5 Å². The van der Waals surface area contributed by atoms with Gasteiger partial charge in [0.15, 0.2) is 0 Å². The third-order valence-electron chi connectivity index (χ3n) is 2.57. The van der Waals surface area contributed by atoms with E-state index in [1.807, 2.05) is 0 Å². The third-order valence-corrected chi connectivity index (χ3v) is 4.04. The Morgan fingerprint density at radius 1 is 1.30 bits per heavy atom. The molecular weight excluding hydrogens is 284 g/mol. The van der Waals surface area contributed by atoms with Crippen molar-refractivity contribution >= 4 is 15.7 Å². The van der Waals surface area contributed by atoms with Crippen molar-refractivity contribution in [2.75, 3.05) is 6.54 Å². The molecule has 9 heteroatoms. The molecular formula is C11H12N4O4S. The summed E-state index contributed by atoms with van der Waals surface area (Å²) in [7, 11) is -3.67. The number of imidazole rings is 1. The summed E-state index contributed by atoms with van der Waals surface area (Å²) in [6.45, 7) is 0.187. The second-order valence-corrected chi connectivity index (χ2v) is 5.70. The zero-order valence-electron chi connectivity index (χ0n) is 10.3. The van der Waals surface area contributed by atoms with Crippen LogP contribution in [0.3, 0.4) is 0 Å². The number of aromatic nitrogens is 2. The molecule has 0 atom stereocenters. The number of H-pyrrole nitrogens is 1. The van der Waals surface area contributed by atoms with Crippen molar-refractivity contribution in [3.05, 3.63) is 52.6 Å². The van der Waals surface area contributed by atoms with Gasteiger partial charge in [-0.25, -0.2) is 18.1 Å². The SMILES string of the molecule is O=[N+]([O-])c1ccc(S(=O)(=O)NCCc2ncc[nH]2)cc1. The molecule has 2 N–H and O–H groups in total. The zero-order valence-corrected chi connectivity index (χ0v) is 11.1. The number of nitro benzene ring substituents is 1. The summed E-state index contributed by atoms with van der Waals surface area (Å²) in [6.07, 6.45) is 3.67. The Hall–Kier alpha value is -2.26. The van der Waals surface area contributed by atoms with Crippen molar-refractivity contribution in [2.45, 2.75) is 11.3 Å². The minimum Gasteiger partial charge on any atom is -0.349 e. The molecule has 106 valence electrons. The summed E-state index contributed by atoms with van der Waals surface area (Å²) in [4.78, 5) is 16.7. The van der Waals surface area contributed by atoms with Crippen LogP contribution in [0.4, 0.5) is 5.69 Å². The van der Waals surface area contributed by atoms with E-state index in [-0.39, 0.29) is 17.1 Å². The molecule has 20 heavy (non-hydrogen) atoms. The number of non-ortho nitro benzene ring substituents is 1. The molecule has 0 aliphatic carbocycles. The lowest BCUT2D eigenvalue weighted by Gasteiger charge is -2.05. The molecule has 0 saturated carbocycles. The van der Waals surface area contributed by atoms with Crippen molar-refractivity contribution in [1.29, 1.82) is 0 Å². The van der Waals surface area contributed by atoms with E-state index in [1.165, 1.54) is 12.1 Å². The van der Waals surface area contributed by atoms with Gasteiger partial charge in [-0.3, -0.25) is 10.1 Å². The van der Waals surface area contributed by atoms with Crippen LogP contribution in [-0.2, 0) is 16.4 Å². The Balaban J connectivity index is 2.00. The number of aromatic amines is 1. The largest absolute Gasteiger partial charge is 0.349 e. The van der Waals surface area contributed by atoms with Crippen LogP contribution in [0.5, 0.6) is 0 Å². The monoisotopic (exact) mass is 296 g/mol. The first-order valence-electron chi connectivity index (χ1n) is 5.71. The fourth-order valence-corrected chi connectivity index (χ4v) is 2.60. The van der Waals surface area contributed by atoms with E-state index in [2.05, 4.69) is 14.7 Å². The van der Waals surface area contributed by atoms with Crippen LogP contribution in [0.15, 0.2) is 41.6 Å². The normalized spacial score (nSPS) is 11.4. The fraction of sp³-hybridized carbons (Fsp3) is 0.182. The Bertz CT molecular complexity index is 680. The molecule has 0 saturated heterocycles. The van der Waals surface area contributed by atoms with E-state index in [0.717, 1.165) is 12.1 Å². The predicted octanol–water partition coefficient (Wildman–Crippen LogP) is 0.839. The van der Waals surface area contributed by atoms with E-state index in [0.29, 0.717) is 12.2 Å². The number of sulfonamides is 1. The van der Waals surface area contributed by atoms with Gasteiger partial charge in [0.2, 0.25) is 10.0 Å². The molecule has 1 heterocycles.